The van der Waals surface area contributed by atoms with Gasteiger partial charge in [-0.3, -0.25) is 14.9 Å². The summed E-state index contributed by atoms with van der Waals surface area (Å²) in [6, 6.07) is 5.54. The summed E-state index contributed by atoms with van der Waals surface area (Å²) in [6.45, 7) is 0.299. The first-order valence-electron chi connectivity index (χ1n) is 5.73. The van der Waals surface area contributed by atoms with E-state index in [1.165, 1.54) is 12.1 Å². The number of rotatable bonds is 8. The predicted octanol–water partition coefficient (Wildman–Crippen LogP) is 1.89. The Labute approximate surface area is 115 Å². The lowest BCUT2D eigenvalue weighted by molar-refractivity contribution is -0.384. The van der Waals surface area contributed by atoms with Crippen LogP contribution in [0.3, 0.4) is 0 Å². The number of hydrogen-bond donors (Lipinski definition) is 2. The maximum atomic E-state index is 11.0. The molecule has 0 aliphatic heterocycles. The molecule has 1 atom stereocenters. The standard InChI is InChI=1S/C12H16N2O4S/c1-19-6-5-11(12(15)16)13-8-9-3-2-4-10(7-9)14(17)18/h2-4,7,11,13H,5-6,8H2,1H3,(H,15,16)/t11-/m0/s1. The van der Waals surface area contributed by atoms with Crippen molar-refractivity contribution in [1.82, 2.24) is 5.32 Å². The van der Waals surface area contributed by atoms with E-state index in [9.17, 15) is 14.9 Å². The SMILES string of the molecule is CSCC[C@H](NCc1cccc([N+](=O)[O-])c1)C(=O)O. The number of nitro groups is 1. The summed E-state index contributed by atoms with van der Waals surface area (Å²) in [5, 5.41) is 22.6. The van der Waals surface area contributed by atoms with Crippen LogP contribution in [-0.4, -0.2) is 34.0 Å². The third kappa shape index (κ3) is 5.27. The Morgan fingerprint density at radius 1 is 1.58 bits per heavy atom. The van der Waals surface area contributed by atoms with Gasteiger partial charge in [-0.25, -0.2) is 0 Å². The molecule has 0 aliphatic rings. The van der Waals surface area contributed by atoms with E-state index in [0.29, 0.717) is 18.5 Å². The van der Waals surface area contributed by atoms with Crippen molar-refractivity contribution in [3.05, 3.63) is 39.9 Å². The molecule has 0 aliphatic carbocycles. The van der Waals surface area contributed by atoms with Gasteiger partial charge in [0.15, 0.2) is 0 Å². The van der Waals surface area contributed by atoms with Gasteiger partial charge in [-0.05, 0) is 24.0 Å². The van der Waals surface area contributed by atoms with E-state index in [1.807, 2.05) is 6.26 Å². The number of carboxylic acid groups (broad SMARTS) is 1. The van der Waals surface area contributed by atoms with Crippen molar-refractivity contribution < 1.29 is 14.8 Å². The molecule has 2 N–H and O–H groups in total. The lowest BCUT2D eigenvalue weighted by atomic mass is 10.1. The minimum absolute atomic E-state index is 0.00953. The number of thioether (sulfide) groups is 1. The molecule has 6 nitrogen and oxygen atoms in total. The lowest BCUT2D eigenvalue weighted by Crippen LogP contribution is -2.36. The Bertz CT molecular complexity index is 453. The fraction of sp³-hybridized carbons (Fsp3) is 0.417. The molecular formula is C12H16N2O4S. The van der Waals surface area contributed by atoms with Crippen molar-refractivity contribution in [2.24, 2.45) is 0 Å². The summed E-state index contributed by atoms with van der Waals surface area (Å²) in [5.41, 5.74) is 0.708. The minimum Gasteiger partial charge on any atom is -0.480 e. The molecule has 1 aromatic rings. The molecule has 0 unspecified atom stereocenters. The van der Waals surface area contributed by atoms with Crippen molar-refractivity contribution in [3.8, 4) is 0 Å². The zero-order chi connectivity index (χ0) is 14.3. The first-order chi connectivity index (χ1) is 9.04. The molecule has 0 saturated carbocycles. The quantitative estimate of drug-likeness (QED) is 0.559. The van der Waals surface area contributed by atoms with Crippen LogP contribution in [0.25, 0.3) is 0 Å². The summed E-state index contributed by atoms with van der Waals surface area (Å²) in [6.07, 6.45) is 2.44. The van der Waals surface area contributed by atoms with Gasteiger partial charge in [-0.1, -0.05) is 12.1 Å². The average Bonchev–Trinajstić information content (AvgIpc) is 2.38. The number of benzene rings is 1. The van der Waals surface area contributed by atoms with Crippen LogP contribution in [0.4, 0.5) is 5.69 Å². The number of hydrogen-bond acceptors (Lipinski definition) is 5. The normalized spacial score (nSPS) is 12.1. The topological polar surface area (TPSA) is 92.5 Å². The van der Waals surface area contributed by atoms with Crippen LogP contribution in [0.2, 0.25) is 0 Å². The summed E-state index contributed by atoms with van der Waals surface area (Å²) in [5.74, 6) is -0.154. The molecule has 104 valence electrons. The molecule has 0 saturated heterocycles. The third-order valence-electron chi connectivity index (χ3n) is 2.58. The van der Waals surface area contributed by atoms with Crippen molar-refractivity contribution in [3.63, 3.8) is 0 Å². The minimum atomic E-state index is -0.903. The van der Waals surface area contributed by atoms with Gasteiger partial charge in [0.2, 0.25) is 0 Å². The smallest absolute Gasteiger partial charge is 0.320 e. The zero-order valence-electron chi connectivity index (χ0n) is 10.5. The van der Waals surface area contributed by atoms with Gasteiger partial charge in [-0.15, -0.1) is 0 Å². The summed E-state index contributed by atoms with van der Waals surface area (Å²) >= 11 is 1.58. The van der Waals surface area contributed by atoms with Gasteiger partial charge < -0.3 is 10.4 Å². The fourth-order valence-corrected chi connectivity index (χ4v) is 2.04. The Hall–Kier alpha value is -1.60. The van der Waals surface area contributed by atoms with Crippen LogP contribution in [0.5, 0.6) is 0 Å². The monoisotopic (exact) mass is 284 g/mol. The predicted molar refractivity (Wildman–Crippen MR) is 74.4 cm³/mol. The molecule has 19 heavy (non-hydrogen) atoms. The van der Waals surface area contributed by atoms with Crippen LogP contribution in [0, 0.1) is 10.1 Å². The highest BCUT2D eigenvalue weighted by Gasteiger charge is 2.16. The van der Waals surface area contributed by atoms with Gasteiger partial charge >= 0.3 is 5.97 Å². The Kier molecular flexibility index (Phi) is 6.31. The van der Waals surface area contributed by atoms with E-state index in [-0.39, 0.29) is 5.69 Å². The van der Waals surface area contributed by atoms with Gasteiger partial charge in [0, 0.05) is 18.7 Å². The van der Waals surface area contributed by atoms with Crippen LogP contribution in [0.1, 0.15) is 12.0 Å². The Balaban J connectivity index is 2.60. The maximum absolute atomic E-state index is 11.0. The number of nitrogens with zero attached hydrogens (tertiary/aromatic N) is 1. The number of nitro benzene ring substituents is 1. The number of non-ortho nitro benzene ring substituents is 1. The van der Waals surface area contributed by atoms with Crippen molar-refractivity contribution in [2.45, 2.75) is 19.0 Å². The molecule has 0 radical (unpaired) electrons. The summed E-state index contributed by atoms with van der Waals surface area (Å²) in [4.78, 5) is 21.2. The van der Waals surface area contributed by atoms with E-state index in [4.69, 9.17) is 5.11 Å². The van der Waals surface area contributed by atoms with Crippen molar-refractivity contribution in [1.29, 1.82) is 0 Å². The van der Waals surface area contributed by atoms with E-state index < -0.39 is 16.9 Å². The molecule has 7 heteroatoms. The van der Waals surface area contributed by atoms with Crippen LogP contribution in [-0.2, 0) is 11.3 Å². The maximum Gasteiger partial charge on any atom is 0.320 e. The van der Waals surface area contributed by atoms with Gasteiger partial charge in [0.05, 0.1) is 4.92 Å². The molecule has 1 aromatic carbocycles. The number of carbonyl (C=O) groups is 1. The first kappa shape index (κ1) is 15.5. The molecule has 1 rings (SSSR count). The Morgan fingerprint density at radius 2 is 2.32 bits per heavy atom. The van der Waals surface area contributed by atoms with Gasteiger partial charge in [0.25, 0.3) is 5.69 Å². The molecule has 0 amide bonds. The van der Waals surface area contributed by atoms with Gasteiger partial charge in [-0.2, -0.15) is 11.8 Å². The Morgan fingerprint density at radius 3 is 2.89 bits per heavy atom. The highest BCUT2D eigenvalue weighted by molar-refractivity contribution is 7.98. The van der Waals surface area contributed by atoms with Crippen molar-refractivity contribution >= 4 is 23.4 Å². The summed E-state index contributed by atoms with van der Waals surface area (Å²) in [7, 11) is 0. The third-order valence-corrected chi connectivity index (χ3v) is 3.23. The number of carboxylic acids is 1. The fourth-order valence-electron chi connectivity index (χ4n) is 1.57. The van der Waals surface area contributed by atoms with E-state index >= 15 is 0 Å². The second-order valence-corrected chi connectivity index (χ2v) is 4.97. The van der Waals surface area contributed by atoms with E-state index in [0.717, 1.165) is 5.75 Å². The van der Waals surface area contributed by atoms with Gasteiger partial charge in [0.1, 0.15) is 6.04 Å². The molecule has 0 bridgehead atoms. The molecule has 0 aromatic heterocycles. The highest BCUT2D eigenvalue weighted by atomic mass is 32.2. The number of nitrogens with one attached hydrogen (secondary N) is 1. The number of aliphatic carboxylic acids is 1. The van der Waals surface area contributed by atoms with E-state index in [1.54, 1.807) is 23.9 Å². The molecule has 0 heterocycles. The van der Waals surface area contributed by atoms with Crippen LogP contribution < -0.4 is 5.32 Å². The second kappa shape index (κ2) is 7.75. The van der Waals surface area contributed by atoms with Crippen molar-refractivity contribution in [2.75, 3.05) is 12.0 Å². The molecule has 0 fully saturated rings. The second-order valence-electron chi connectivity index (χ2n) is 3.98. The summed E-state index contributed by atoms with van der Waals surface area (Å²) < 4.78 is 0. The largest absolute Gasteiger partial charge is 0.480 e. The average molecular weight is 284 g/mol. The lowest BCUT2D eigenvalue weighted by Gasteiger charge is -2.13. The first-order valence-corrected chi connectivity index (χ1v) is 7.12. The zero-order valence-corrected chi connectivity index (χ0v) is 11.4. The van der Waals surface area contributed by atoms with E-state index in [2.05, 4.69) is 5.32 Å². The highest BCUT2D eigenvalue weighted by Crippen LogP contribution is 2.13. The van der Waals surface area contributed by atoms with Crippen LogP contribution >= 0.6 is 11.8 Å². The van der Waals surface area contributed by atoms with Crippen LogP contribution in [0.15, 0.2) is 24.3 Å². The molecular weight excluding hydrogens is 268 g/mol. The molecule has 0 spiro atoms.